The van der Waals surface area contributed by atoms with Crippen LogP contribution in [0, 0.1) is 6.92 Å². The summed E-state index contributed by atoms with van der Waals surface area (Å²) in [6.45, 7) is 6.10. The lowest BCUT2D eigenvalue weighted by molar-refractivity contribution is 0.427. The van der Waals surface area contributed by atoms with E-state index in [1.807, 2.05) is 13.0 Å². The van der Waals surface area contributed by atoms with Crippen molar-refractivity contribution in [2.75, 3.05) is 18.0 Å². The highest BCUT2D eigenvalue weighted by molar-refractivity contribution is 5.58. The number of rotatable bonds is 0. The quantitative estimate of drug-likeness (QED) is 0.678. The Bertz CT molecular complexity index is 433. The molecular weight excluding hydrogens is 202 g/mol. The monoisotopic (exact) mass is 219 g/mol. The van der Waals surface area contributed by atoms with Gasteiger partial charge in [0.05, 0.1) is 5.69 Å². The van der Waals surface area contributed by atoms with Crippen LogP contribution in [0.4, 0.5) is 5.82 Å². The first-order chi connectivity index (χ1) is 7.66. The van der Waals surface area contributed by atoms with Crippen LogP contribution in [0.3, 0.4) is 0 Å². The lowest BCUT2D eigenvalue weighted by atomic mass is 10.1. The van der Waals surface area contributed by atoms with E-state index < -0.39 is 0 Å². The van der Waals surface area contributed by atoms with Gasteiger partial charge in [-0.25, -0.2) is 4.98 Å². The smallest absolute Gasteiger partial charge is 0.137 e. The van der Waals surface area contributed by atoms with Crippen LogP contribution in [0.25, 0.3) is 0 Å². The molecule has 86 valence electrons. The van der Waals surface area contributed by atoms with Crippen molar-refractivity contribution < 1.29 is 5.11 Å². The zero-order valence-corrected chi connectivity index (χ0v) is 9.70. The lowest BCUT2D eigenvalue weighted by Crippen LogP contribution is -2.55. The lowest BCUT2D eigenvalue weighted by Gasteiger charge is -2.37. The molecule has 4 nitrogen and oxygen atoms in total. The van der Waals surface area contributed by atoms with E-state index in [0.29, 0.717) is 17.8 Å². The van der Waals surface area contributed by atoms with Crippen LogP contribution >= 0.6 is 0 Å². The first-order valence-corrected chi connectivity index (χ1v) is 5.85. The van der Waals surface area contributed by atoms with Crippen molar-refractivity contribution in [1.82, 2.24) is 10.3 Å². The zero-order valence-electron chi connectivity index (χ0n) is 9.70. The predicted octanol–water partition coefficient (Wildman–Crippen LogP) is 0.818. The highest BCUT2D eigenvalue weighted by Gasteiger charge is 2.36. The highest BCUT2D eigenvalue weighted by Crippen LogP contribution is 2.35. The Morgan fingerprint density at radius 1 is 1.50 bits per heavy atom. The van der Waals surface area contributed by atoms with Gasteiger partial charge in [-0.2, -0.15) is 0 Å². The number of aromatic nitrogens is 1. The average molecular weight is 219 g/mol. The number of anilines is 1. The predicted molar refractivity (Wildman–Crippen MR) is 62.9 cm³/mol. The molecule has 3 rings (SSSR count). The second-order valence-corrected chi connectivity index (χ2v) is 4.85. The second-order valence-electron chi connectivity index (χ2n) is 4.85. The van der Waals surface area contributed by atoms with Crippen molar-refractivity contribution in [3.63, 3.8) is 0 Å². The van der Waals surface area contributed by atoms with Crippen LogP contribution < -0.4 is 10.2 Å². The molecule has 16 heavy (non-hydrogen) atoms. The van der Waals surface area contributed by atoms with Gasteiger partial charge in [0, 0.05) is 30.7 Å². The molecule has 4 heteroatoms. The van der Waals surface area contributed by atoms with Gasteiger partial charge < -0.3 is 15.3 Å². The zero-order chi connectivity index (χ0) is 11.3. The summed E-state index contributed by atoms with van der Waals surface area (Å²) in [4.78, 5) is 6.94. The number of nitrogens with zero attached hydrogens (tertiary/aromatic N) is 2. The molecular formula is C12H17N3O. The summed E-state index contributed by atoms with van der Waals surface area (Å²) >= 11 is 0. The molecule has 2 aliphatic rings. The van der Waals surface area contributed by atoms with E-state index in [9.17, 15) is 5.11 Å². The van der Waals surface area contributed by atoms with Gasteiger partial charge in [-0.05, 0) is 26.3 Å². The van der Waals surface area contributed by atoms with Crippen molar-refractivity contribution in [1.29, 1.82) is 0 Å². The fraction of sp³-hybridized carbons (Fsp3) is 0.583. The maximum atomic E-state index is 9.69. The SMILES string of the molecule is Cc1nc2c(cc1O)C[C@@H]1CNC[C@@H](C)N21. The molecule has 1 aromatic rings. The molecule has 3 heterocycles. The van der Waals surface area contributed by atoms with E-state index in [1.165, 1.54) is 5.56 Å². The average Bonchev–Trinajstić information content (AvgIpc) is 2.58. The Morgan fingerprint density at radius 3 is 3.12 bits per heavy atom. The van der Waals surface area contributed by atoms with Gasteiger partial charge in [0.2, 0.25) is 0 Å². The Kier molecular flexibility index (Phi) is 2.07. The van der Waals surface area contributed by atoms with E-state index >= 15 is 0 Å². The number of piperazine rings is 1. The normalized spacial score (nSPS) is 27.8. The van der Waals surface area contributed by atoms with Gasteiger partial charge in [0.15, 0.2) is 0 Å². The molecule has 0 bridgehead atoms. The van der Waals surface area contributed by atoms with Gasteiger partial charge in [-0.3, -0.25) is 0 Å². The Labute approximate surface area is 95.3 Å². The molecule has 2 atom stereocenters. The third-order valence-electron chi connectivity index (χ3n) is 3.63. The molecule has 1 aromatic heterocycles. The van der Waals surface area contributed by atoms with E-state index in [4.69, 9.17) is 0 Å². The highest BCUT2D eigenvalue weighted by atomic mass is 16.3. The summed E-state index contributed by atoms with van der Waals surface area (Å²) in [5.41, 5.74) is 1.91. The molecule has 1 fully saturated rings. The minimum absolute atomic E-state index is 0.319. The van der Waals surface area contributed by atoms with Crippen molar-refractivity contribution in [3.8, 4) is 5.75 Å². The summed E-state index contributed by atoms with van der Waals surface area (Å²) in [7, 11) is 0. The molecule has 0 aromatic carbocycles. The van der Waals surface area contributed by atoms with Crippen LogP contribution in [0.5, 0.6) is 5.75 Å². The topological polar surface area (TPSA) is 48.4 Å². The third kappa shape index (κ3) is 1.29. The number of pyridine rings is 1. The van der Waals surface area contributed by atoms with Crippen LogP contribution in [0.15, 0.2) is 6.07 Å². The van der Waals surface area contributed by atoms with E-state index in [2.05, 4.69) is 22.1 Å². The van der Waals surface area contributed by atoms with Gasteiger partial charge in [0.1, 0.15) is 11.6 Å². The minimum Gasteiger partial charge on any atom is -0.506 e. The van der Waals surface area contributed by atoms with Gasteiger partial charge in [0.25, 0.3) is 0 Å². The molecule has 0 unspecified atom stereocenters. The molecule has 0 spiro atoms. The molecule has 0 aliphatic carbocycles. The fourth-order valence-corrected chi connectivity index (χ4v) is 2.82. The molecule has 1 saturated heterocycles. The maximum absolute atomic E-state index is 9.69. The van der Waals surface area contributed by atoms with Gasteiger partial charge in [-0.1, -0.05) is 0 Å². The summed E-state index contributed by atoms with van der Waals surface area (Å²) in [6, 6.07) is 2.87. The van der Waals surface area contributed by atoms with Crippen LogP contribution in [-0.2, 0) is 6.42 Å². The largest absolute Gasteiger partial charge is 0.506 e. The molecule has 0 radical (unpaired) electrons. The van der Waals surface area contributed by atoms with Gasteiger partial charge in [-0.15, -0.1) is 0 Å². The third-order valence-corrected chi connectivity index (χ3v) is 3.63. The maximum Gasteiger partial charge on any atom is 0.137 e. The van der Waals surface area contributed by atoms with Crippen molar-refractivity contribution in [3.05, 3.63) is 17.3 Å². The van der Waals surface area contributed by atoms with Crippen molar-refractivity contribution in [2.24, 2.45) is 0 Å². The second kappa shape index (κ2) is 3.35. The number of fused-ring (bicyclic) bond motifs is 3. The van der Waals surface area contributed by atoms with Crippen LogP contribution in [-0.4, -0.2) is 35.3 Å². The Hall–Kier alpha value is -1.29. The minimum atomic E-state index is 0.319. The molecule has 0 saturated carbocycles. The number of aryl methyl sites for hydroxylation is 1. The first kappa shape index (κ1) is 9.90. The first-order valence-electron chi connectivity index (χ1n) is 5.85. The Balaban J connectivity index is 2.06. The van der Waals surface area contributed by atoms with E-state index in [-0.39, 0.29) is 0 Å². The van der Waals surface area contributed by atoms with Crippen molar-refractivity contribution >= 4 is 5.82 Å². The van der Waals surface area contributed by atoms with Crippen LogP contribution in [0.1, 0.15) is 18.2 Å². The standard InChI is InChI=1S/C12H17N3O/c1-7-5-13-6-10-3-9-4-11(16)8(2)14-12(9)15(7)10/h4,7,10,13,16H,3,5-6H2,1-2H3/t7-,10-/m1/s1. The molecule has 2 aliphatic heterocycles. The van der Waals surface area contributed by atoms with E-state index in [0.717, 1.165) is 31.0 Å². The van der Waals surface area contributed by atoms with Gasteiger partial charge >= 0.3 is 0 Å². The summed E-state index contributed by atoms with van der Waals surface area (Å²) in [6.07, 6.45) is 0.994. The number of nitrogens with one attached hydrogen (secondary N) is 1. The number of hydrogen-bond acceptors (Lipinski definition) is 4. The van der Waals surface area contributed by atoms with Crippen molar-refractivity contribution in [2.45, 2.75) is 32.4 Å². The fourth-order valence-electron chi connectivity index (χ4n) is 2.82. The molecule has 2 N–H and O–H groups in total. The Morgan fingerprint density at radius 2 is 2.31 bits per heavy atom. The summed E-state index contributed by atoms with van der Waals surface area (Å²) < 4.78 is 0. The van der Waals surface area contributed by atoms with E-state index in [1.54, 1.807) is 0 Å². The number of hydrogen-bond donors (Lipinski definition) is 2. The molecule has 0 amide bonds. The van der Waals surface area contributed by atoms with Crippen LogP contribution in [0.2, 0.25) is 0 Å². The summed E-state index contributed by atoms with van der Waals surface area (Å²) in [5, 5.41) is 13.1. The number of aromatic hydroxyl groups is 1. The summed E-state index contributed by atoms with van der Waals surface area (Å²) in [5.74, 6) is 1.40.